The van der Waals surface area contributed by atoms with E-state index in [2.05, 4.69) is 20.4 Å². The maximum atomic E-state index is 13.7. The Kier molecular flexibility index (Phi) is 7.06. The highest BCUT2D eigenvalue weighted by Gasteiger charge is 2.28. The number of rotatable bonds is 6. The summed E-state index contributed by atoms with van der Waals surface area (Å²) in [5, 5.41) is 10.1. The van der Waals surface area contributed by atoms with Crippen LogP contribution in [-0.2, 0) is 11.2 Å². The minimum absolute atomic E-state index is 0.218. The molecule has 0 radical (unpaired) electrons. The van der Waals surface area contributed by atoms with Gasteiger partial charge in [-0.1, -0.05) is 17.7 Å². The van der Waals surface area contributed by atoms with Crippen molar-refractivity contribution in [1.82, 2.24) is 34.1 Å². The number of nitrogens with one attached hydrogen (secondary N) is 1. The molecular weight excluding hydrogens is 510 g/mol. The minimum atomic E-state index is -0.569. The second kappa shape index (κ2) is 10.4. The molecule has 0 atom stereocenters. The molecule has 12 nitrogen and oxygen atoms in total. The third kappa shape index (κ3) is 5.35. The van der Waals surface area contributed by atoms with Crippen LogP contribution in [0.3, 0.4) is 0 Å². The molecule has 1 aliphatic rings. The number of aryl methyl sites for hydroxylation is 1. The molecule has 1 fully saturated rings. The Labute approximate surface area is 224 Å². The summed E-state index contributed by atoms with van der Waals surface area (Å²) in [5.74, 6) is 1.27. The van der Waals surface area contributed by atoms with Crippen molar-refractivity contribution >= 4 is 40.1 Å². The molecule has 5 rings (SSSR count). The number of ether oxygens (including phenoxy) is 1. The lowest BCUT2D eigenvalue weighted by atomic mass is 10.2. The number of imidazole rings is 1. The molecule has 1 amide bonds. The van der Waals surface area contributed by atoms with Gasteiger partial charge in [-0.2, -0.15) is 5.10 Å². The summed E-state index contributed by atoms with van der Waals surface area (Å²) >= 11 is 6.41. The monoisotopic (exact) mass is 539 g/mol. The van der Waals surface area contributed by atoms with Gasteiger partial charge in [-0.3, -0.25) is 4.79 Å². The minimum Gasteiger partial charge on any atom is -0.444 e. The van der Waals surface area contributed by atoms with Gasteiger partial charge in [0.1, 0.15) is 17.8 Å². The van der Waals surface area contributed by atoms with E-state index in [4.69, 9.17) is 21.3 Å². The molecule has 1 saturated heterocycles. The fourth-order valence-electron chi connectivity index (χ4n) is 4.42. The Morgan fingerprint density at radius 2 is 1.95 bits per heavy atom. The Morgan fingerprint density at radius 1 is 1.16 bits per heavy atom. The molecule has 1 aliphatic heterocycles. The molecule has 1 N–H and O–H groups in total. The van der Waals surface area contributed by atoms with Gasteiger partial charge in [0.15, 0.2) is 11.5 Å². The van der Waals surface area contributed by atoms with E-state index in [1.54, 1.807) is 44.7 Å². The lowest BCUT2D eigenvalue weighted by Gasteiger charge is -2.37. The predicted molar refractivity (Wildman–Crippen MR) is 144 cm³/mol. The molecule has 4 heterocycles. The average Bonchev–Trinajstić information content (AvgIpc) is 3.36. The zero-order valence-electron chi connectivity index (χ0n) is 21.6. The number of hydrogen-bond acceptors (Lipinski definition) is 9. The fraction of sp³-hybridized carbons (Fsp3) is 0.440. The molecule has 0 saturated carbocycles. The van der Waals surface area contributed by atoms with Gasteiger partial charge in [-0.25, -0.2) is 28.9 Å². The highest BCUT2D eigenvalue weighted by molar-refractivity contribution is 6.35. The van der Waals surface area contributed by atoms with Crippen LogP contribution in [0.4, 0.5) is 10.6 Å². The molecule has 200 valence electrons. The first-order valence-corrected chi connectivity index (χ1v) is 12.9. The quantitative estimate of drug-likeness (QED) is 0.368. The van der Waals surface area contributed by atoms with E-state index in [0.29, 0.717) is 78.8 Å². The number of amides is 1. The summed E-state index contributed by atoms with van der Waals surface area (Å²) in [6, 6.07) is 5.28. The van der Waals surface area contributed by atoms with Gasteiger partial charge < -0.3 is 20.0 Å². The van der Waals surface area contributed by atoms with Crippen LogP contribution >= 0.6 is 11.6 Å². The summed E-state index contributed by atoms with van der Waals surface area (Å²) in [7, 11) is 0. The first-order valence-electron chi connectivity index (χ1n) is 12.5. The summed E-state index contributed by atoms with van der Waals surface area (Å²) in [6.45, 7) is 7.89. The Morgan fingerprint density at radius 3 is 2.71 bits per heavy atom. The van der Waals surface area contributed by atoms with Crippen LogP contribution in [0, 0.1) is 0 Å². The van der Waals surface area contributed by atoms with Gasteiger partial charge in [-0.15, -0.1) is 0 Å². The standard InChI is InChI=1S/C25H30ClN9O3/c1-25(2,3)38-24(37)32-12-14-33(15-13-32)35-19(31-18-7-4-6-17(26)20(18)23(35)36)8-5-9-27-21-22-28-10-11-34(22)30-16-29-21/h4,6-7,10-11,16H,5,8-9,12-15H2,1-3H3,(H,27,29,30). The van der Waals surface area contributed by atoms with Crippen LogP contribution in [-0.4, -0.2) is 78.6 Å². The average molecular weight is 540 g/mol. The van der Waals surface area contributed by atoms with Crippen LogP contribution in [0.5, 0.6) is 0 Å². The molecule has 1 aromatic carbocycles. The molecule has 0 aliphatic carbocycles. The molecule has 0 spiro atoms. The number of nitrogens with zero attached hydrogens (tertiary/aromatic N) is 8. The zero-order chi connectivity index (χ0) is 26.9. The fourth-order valence-corrected chi connectivity index (χ4v) is 4.67. The number of anilines is 1. The summed E-state index contributed by atoms with van der Waals surface area (Å²) in [5.41, 5.74) is 0.416. The van der Waals surface area contributed by atoms with Gasteiger partial charge >= 0.3 is 6.09 Å². The van der Waals surface area contributed by atoms with Crippen LogP contribution in [0.15, 0.2) is 41.7 Å². The van der Waals surface area contributed by atoms with E-state index < -0.39 is 5.60 Å². The summed E-state index contributed by atoms with van der Waals surface area (Å²) in [4.78, 5) is 41.3. The van der Waals surface area contributed by atoms with Crippen molar-refractivity contribution in [3.05, 3.63) is 58.1 Å². The second-order valence-corrected chi connectivity index (χ2v) is 10.4. The highest BCUT2D eigenvalue weighted by atomic mass is 35.5. The number of aromatic nitrogens is 6. The van der Waals surface area contributed by atoms with Crippen molar-refractivity contribution in [2.24, 2.45) is 0 Å². The van der Waals surface area contributed by atoms with Gasteiger partial charge in [0.05, 0.1) is 29.0 Å². The maximum Gasteiger partial charge on any atom is 0.410 e. The topological polar surface area (TPSA) is 123 Å². The maximum absolute atomic E-state index is 13.7. The Bertz CT molecular complexity index is 1520. The number of halogens is 1. The van der Waals surface area contributed by atoms with Crippen molar-refractivity contribution in [1.29, 1.82) is 0 Å². The SMILES string of the molecule is CC(C)(C)OC(=O)N1CCN(n2c(CCCNc3ncnn4ccnc34)nc3cccc(Cl)c3c2=O)CC1. The Hall–Kier alpha value is -3.93. The number of benzene rings is 1. The number of piperazine rings is 1. The van der Waals surface area contributed by atoms with E-state index in [0.717, 1.165) is 0 Å². The molecule has 0 bridgehead atoms. The molecule has 0 unspecified atom stereocenters. The van der Waals surface area contributed by atoms with Crippen LogP contribution < -0.4 is 15.9 Å². The first-order chi connectivity index (χ1) is 18.2. The van der Waals surface area contributed by atoms with Gasteiger partial charge in [0.25, 0.3) is 5.56 Å². The van der Waals surface area contributed by atoms with Crippen LogP contribution in [0.25, 0.3) is 16.6 Å². The second-order valence-electron chi connectivity index (χ2n) is 10.0. The number of carbonyl (C=O) groups excluding carboxylic acids is 1. The third-order valence-corrected chi connectivity index (χ3v) is 6.46. The van der Waals surface area contributed by atoms with Gasteiger partial charge in [-0.05, 0) is 39.3 Å². The number of fused-ring (bicyclic) bond motifs is 2. The van der Waals surface area contributed by atoms with Gasteiger partial charge in [0, 0.05) is 38.4 Å². The van der Waals surface area contributed by atoms with E-state index in [1.165, 1.54) is 6.33 Å². The third-order valence-electron chi connectivity index (χ3n) is 6.15. The van der Waals surface area contributed by atoms with Crippen LogP contribution in [0.2, 0.25) is 5.02 Å². The largest absolute Gasteiger partial charge is 0.444 e. The van der Waals surface area contributed by atoms with E-state index in [9.17, 15) is 9.59 Å². The first kappa shape index (κ1) is 25.7. The van der Waals surface area contributed by atoms with Crippen molar-refractivity contribution in [2.45, 2.75) is 39.2 Å². The molecule has 4 aromatic rings. The lowest BCUT2D eigenvalue weighted by molar-refractivity contribution is 0.0231. The van der Waals surface area contributed by atoms with Gasteiger partial charge in [0.2, 0.25) is 0 Å². The molecule has 13 heteroatoms. The van der Waals surface area contributed by atoms with E-state index >= 15 is 0 Å². The highest BCUT2D eigenvalue weighted by Crippen LogP contribution is 2.20. The van der Waals surface area contributed by atoms with Crippen molar-refractivity contribution in [2.75, 3.05) is 43.0 Å². The van der Waals surface area contributed by atoms with E-state index in [1.807, 2.05) is 25.8 Å². The summed E-state index contributed by atoms with van der Waals surface area (Å²) < 4.78 is 8.79. The number of hydrogen-bond donors (Lipinski definition) is 1. The zero-order valence-corrected chi connectivity index (χ0v) is 22.4. The predicted octanol–water partition coefficient (Wildman–Crippen LogP) is 2.72. The smallest absolute Gasteiger partial charge is 0.410 e. The Balaban J connectivity index is 1.35. The van der Waals surface area contributed by atoms with Crippen molar-refractivity contribution < 1.29 is 9.53 Å². The number of carbonyl (C=O) groups is 1. The summed E-state index contributed by atoms with van der Waals surface area (Å²) in [6.07, 6.45) is 5.76. The normalized spacial score (nSPS) is 14.3. The molecule has 3 aromatic heterocycles. The molecule has 38 heavy (non-hydrogen) atoms. The lowest BCUT2D eigenvalue weighted by Crippen LogP contribution is -2.56. The van der Waals surface area contributed by atoms with E-state index in [-0.39, 0.29) is 11.7 Å². The van der Waals surface area contributed by atoms with Crippen molar-refractivity contribution in [3.8, 4) is 0 Å². The van der Waals surface area contributed by atoms with Crippen LogP contribution in [0.1, 0.15) is 33.0 Å². The van der Waals surface area contributed by atoms with Crippen molar-refractivity contribution in [3.63, 3.8) is 0 Å². The molecular formula is C25H30ClN9O3.